The first-order valence-corrected chi connectivity index (χ1v) is 5.75. The largest absolute Gasteiger partial charge is 0.366 e. The summed E-state index contributed by atoms with van der Waals surface area (Å²) in [6, 6.07) is 5.39. The smallest absolute Gasteiger partial charge is 0.264 e. The molecule has 0 spiro atoms. The summed E-state index contributed by atoms with van der Waals surface area (Å²) in [4.78, 5) is 21.4. The first kappa shape index (κ1) is 12.2. The lowest BCUT2D eigenvalue weighted by atomic mass is 10.2. The summed E-state index contributed by atoms with van der Waals surface area (Å²) in [6.07, 6.45) is 0. The summed E-state index contributed by atoms with van der Waals surface area (Å²) in [6.45, 7) is 1.06. The van der Waals surface area contributed by atoms with Gasteiger partial charge in [0.15, 0.2) is 0 Å². The molecule has 0 bridgehead atoms. The minimum atomic E-state index is -4.04. The SMILES string of the molecule is CC(=O)NS(=O)(=O)c1ccccc1C(N)=O. The van der Waals surface area contributed by atoms with Crippen LogP contribution in [0, 0.1) is 0 Å². The number of nitrogens with two attached hydrogens (primary N) is 1. The van der Waals surface area contributed by atoms with Crippen LogP contribution >= 0.6 is 0 Å². The molecule has 0 aliphatic rings. The second-order valence-corrected chi connectivity index (χ2v) is 4.67. The average Bonchev–Trinajstić information content (AvgIpc) is 2.15. The van der Waals surface area contributed by atoms with Gasteiger partial charge in [0.25, 0.3) is 10.0 Å². The highest BCUT2D eigenvalue weighted by molar-refractivity contribution is 7.90. The van der Waals surface area contributed by atoms with E-state index in [1.165, 1.54) is 24.3 Å². The maximum Gasteiger partial charge on any atom is 0.264 e. The van der Waals surface area contributed by atoms with Crippen molar-refractivity contribution in [2.24, 2.45) is 5.73 Å². The van der Waals surface area contributed by atoms with Crippen LogP contribution in [-0.2, 0) is 14.8 Å². The molecule has 0 saturated carbocycles. The molecule has 1 rings (SSSR count). The van der Waals surface area contributed by atoms with E-state index in [2.05, 4.69) is 0 Å². The Hall–Kier alpha value is -1.89. The zero-order valence-electron chi connectivity index (χ0n) is 8.43. The first-order valence-electron chi connectivity index (χ1n) is 4.27. The molecule has 2 amide bonds. The van der Waals surface area contributed by atoms with Gasteiger partial charge in [0.05, 0.1) is 5.56 Å². The highest BCUT2D eigenvalue weighted by atomic mass is 32.2. The molecule has 0 atom stereocenters. The number of hydrogen-bond donors (Lipinski definition) is 2. The van der Waals surface area contributed by atoms with E-state index in [4.69, 9.17) is 5.73 Å². The normalized spacial score (nSPS) is 10.8. The van der Waals surface area contributed by atoms with Crippen LogP contribution < -0.4 is 10.5 Å². The van der Waals surface area contributed by atoms with E-state index in [-0.39, 0.29) is 10.5 Å². The summed E-state index contributed by atoms with van der Waals surface area (Å²) in [5.41, 5.74) is 4.87. The maximum atomic E-state index is 11.6. The predicted octanol–water partition coefficient (Wildman–Crippen LogP) is -0.390. The molecule has 0 aromatic heterocycles. The van der Waals surface area contributed by atoms with Crippen molar-refractivity contribution in [3.05, 3.63) is 29.8 Å². The molecule has 7 heteroatoms. The van der Waals surface area contributed by atoms with Crippen molar-refractivity contribution >= 4 is 21.8 Å². The Balaban J connectivity index is 3.33. The number of carbonyl (C=O) groups excluding carboxylic acids is 2. The van der Waals surface area contributed by atoms with Crippen molar-refractivity contribution in [3.63, 3.8) is 0 Å². The molecule has 6 nitrogen and oxygen atoms in total. The fourth-order valence-electron chi connectivity index (χ4n) is 1.15. The van der Waals surface area contributed by atoms with Gasteiger partial charge < -0.3 is 5.73 Å². The van der Waals surface area contributed by atoms with Crippen LogP contribution in [0.1, 0.15) is 17.3 Å². The van der Waals surface area contributed by atoms with E-state index >= 15 is 0 Å². The molecular weight excluding hydrogens is 232 g/mol. The Labute approximate surface area is 92.5 Å². The molecule has 0 radical (unpaired) electrons. The van der Waals surface area contributed by atoms with E-state index < -0.39 is 21.8 Å². The van der Waals surface area contributed by atoms with Crippen LogP contribution in [-0.4, -0.2) is 20.2 Å². The first-order chi connectivity index (χ1) is 7.34. The number of hydrogen-bond acceptors (Lipinski definition) is 4. The minimum absolute atomic E-state index is 0.156. The molecule has 3 N–H and O–H groups in total. The molecule has 16 heavy (non-hydrogen) atoms. The van der Waals surface area contributed by atoms with E-state index in [0.717, 1.165) is 6.92 Å². The van der Waals surface area contributed by atoms with Crippen LogP contribution in [0.2, 0.25) is 0 Å². The van der Waals surface area contributed by atoms with Crippen molar-refractivity contribution in [2.75, 3.05) is 0 Å². The average molecular weight is 242 g/mol. The third-order valence-corrected chi connectivity index (χ3v) is 3.21. The summed E-state index contributed by atoms with van der Waals surface area (Å²) in [5, 5.41) is 0. The fourth-order valence-corrected chi connectivity index (χ4v) is 2.35. The summed E-state index contributed by atoms with van der Waals surface area (Å²) < 4.78 is 25.0. The van der Waals surface area contributed by atoms with E-state index in [1.54, 1.807) is 4.72 Å². The zero-order valence-corrected chi connectivity index (χ0v) is 9.24. The van der Waals surface area contributed by atoms with Gasteiger partial charge >= 0.3 is 0 Å². The van der Waals surface area contributed by atoms with Crippen LogP contribution in [0.3, 0.4) is 0 Å². The molecule has 0 heterocycles. The molecule has 0 saturated heterocycles. The van der Waals surface area contributed by atoms with Gasteiger partial charge in [-0.3, -0.25) is 9.59 Å². The van der Waals surface area contributed by atoms with Gasteiger partial charge in [-0.05, 0) is 12.1 Å². The number of carbonyl (C=O) groups is 2. The van der Waals surface area contributed by atoms with Crippen LogP contribution in [0.4, 0.5) is 0 Å². The Morgan fingerprint density at radius 3 is 2.31 bits per heavy atom. The second-order valence-electron chi connectivity index (χ2n) is 3.02. The Bertz CT molecular complexity index is 536. The number of amides is 2. The van der Waals surface area contributed by atoms with Crippen molar-refractivity contribution < 1.29 is 18.0 Å². The molecule has 0 unspecified atom stereocenters. The van der Waals surface area contributed by atoms with E-state index in [1.807, 2.05) is 0 Å². The van der Waals surface area contributed by atoms with Crippen molar-refractivity contribution in [2.45, 2.75) is 11.8 Å². The number of sulfonamides is 1. The predicted molar refractivity (Wildman–Crippen MR) is 56.0 cm³/mol. The van der Waals surface area contributed by atoms with Gasteiger partial charge in [-0.2, -0.15) is 0 Å². The highest BCUT2D eigenvalue weighted by Crippen LogP contribution is 2.14. The maximum absolute atomic E-state index is 11.6. The zero-order chi connectivity index (χ0) is 12.3. The van der Waals surface area contributed by atoms with Crippen molar-refractivity contribution in [1.82, 2.24) is 4.72 Å². The number of benzene rings is 1. The third kappa shape index (κ3) is 2.57. The number of nitrogens with one attached hydrogen (secondary N) is 1. The lowest BCUT2D eigenvalue weighted by Crippen LogP contribution is -2.30. The molecule has 1 aromatic carbocycles. The van der Waals surface area contributed by atoms with Gasteiger partial charge in [0.1, 0.15) is 4.90 Å². The lowest BCUT2D eigenvalue weighted by Gasteiger charge is -2.07. The third-order valence-electron chi connectivity index (χ3n) is 1.72. The van der Waals surface area contributed by atoms with Crippen LogP contribution in [0.5, 0.6) is 0 Å². The van der Waals surface area contributed by atoms with Gasteiger partial charge in [-0.25, -0.2) is 13.1 Å². The van der Waals surface area contributed by atoms with Gasteiger partial charge in [0, 0.05) is 6.92 Å². The second kappa shape index (κ2) is 4.31. The summed E-state index contributed by atoms with van der Waals surface area (Å²) in [5.74, 6) is -1.61. The topological polar surface area (TPSA) is 106 Å². The molecule has 0 aliphatic heterocycles. The van der Waals surface area contributed by atoms with Gasteiger partial charge in [-0.15, -0.1) is 0 Å². The fraction of sp³-hybridized carbons (Fsp3) is 0.111. The monoisotopic (exact) mass is 242 g/mol. The van der Waals surface area contributed by atoms with E-state index in [9.17, 15) is 18.0 Å². The molecular formula is C9H10N2O4S. The standard InChI is InChI=1S/C9H10N2O4S/c1-6(12)11-16(14,15)8-5-3-2-4-7(8)9(10)13/h2-5H,1H3,(H2,10,13)(H,11,12). The van der Waals surface area contributed by atoms with Gasteiger partial charge in [-0.1, -0.05) is 12.1 Å². The number of rotatable bonds is 3. The Kier molecular flexibility index (Phi) is 3.28. The van der Waals surface area contributed by atoms with Crippen LogP contribution in [0.15, 0.2) is 29.2 Å². The summed E-state index contributed by atoms with van der Waals surface area (Å²) in [7, 11) is -4.04. The lowest BCUT2D eigenvalue weighted by molar-refractivity contribution is -0.117. The Morgan fingerprint density at radius 1 is 1.25 bits per heavy atom. The Morgan fingerprint density at radius 2 is 1.81 bits per heavy atom. The highest BCUT2D eigenvalue weighted by Gasteiger charge is 2.21. The molecule has 0 fully saturated rings. The van der Waals surface area contributed by atoms with Gasteiger partial charge in [0.2, 0.25) is 11.8 Å². The number of primary amides is 1. The van der Waals surface area contributed by atoms with Crippen molar-refractivity contribution in [3.8, 4) is 0 Å². The molecule has 1 aromatic rings. The van der Waals surface area contributed by atoms with Crippen LogP contribution in [0.25, 0.3) is 0 Å². The molecule has 86 valence electrons. The molecule has 0 aliphatic carbocycles. The summed E-state index contributed by atoms with van der Waals surface area (Å²) >= 11 is 0. The van der Waals surface area contributed by atoms with Crippen molar-refractivity contribution in [1.29, 1.82) is 0 Å². The quantitative estimate of drug-likeness (QED) is 0.752. The minimum Gasteiger partial charge on any atom is -0.366 e. The van der Waals surface area contributed by atoms with E-state index in [0.29, 0.717) is 0 Å².